The van der Waals surface area contributed by atoms with Crippen LogP contribution < -0.4 is 0 Å². The number of rotatable bonds is 8. The third-order valence-electron chi connectivity index (χ3n) is 3.25. The fourth-order valence-electron chi connectivity index (χ4n) is 1.94. The highest BCUT2D eigenvalue weighted by Gasteiger charge is 2.11. The summed E-state index contributed by atoms with van der Waals surface area (Å²) in [6, 6.07) is 9.20. The van der Waals surface area contributed by atoms with E-state index in [1.165, 1.54) is 19.3 Å². The zero-order valence-electron chi connectivity index (χ0n) is 11.5. The maximum Gasteiger partial charge on any atom is 0.338 e. The van der Waals surface area contributed by atoms with Crippen molar-refractivity contribution < 1.29 is 9.53 Å². The Morgan fingerprint density at radius 2 is 1.89 bits per heavy atom. The molecule has 0 heterocycles. The van der Waals surface area contributed by atoms with E-state index in [0.29, 0.717) is 18.1 Å². The lowest BCUT2D eigenvalue weighted by Crippen LogP contribution is -2.14. The lowest BCUT2D eigenvalue weighted by Gasteiger charge is -2.14. The summed E-state index contributed by atoms with van der Waals surface area (Å²) < 4.78 is 5.37. The molecule has 100 valence electrons. The molecule has 1 aromatic rings. The van der Waals surface area contributed by atoms with Crippen molar-refractivity contribution in [3.63, 3.8) is 0 Å². The van der Waals surface area contributed by atoms with Crippen molar-refractivity contribution in [1.82, 2.24) is 0 Å². The van der Waals surface area contributed by atoms with Crippen molar-refractivity contribution in [3.8, 4) is 0 Å². The van der Waals surface area contributed by atoms with Gasteiger partial charge in [-0.1, -0.05) is 57.7 Å². The minimum absolute atomic E-state index is 0.204. The molecular formula is C16H24O2. The molecule has 2 heteroatoms. The van der Waals surface area contributed by atoms with E-state index in [0.717, 1.165) is 12.8 Å². The van der Waals surface area contributed by atoms with E-state index in [-0.39, 0.29) is 5.97 Å². The Bertz CT molecular complexity index is 332. The summed E-state index contributed by atoms with van der Waals surface area (Å²) in [6.07, 6.45) is 5.97. The van der Waals surface area contributed by atoms with E-state index in [1.807, 2.05) is 18.2 Å². The minimum Gasteiger partial charge on any atom is -0.462 e. The molecule has 0 aliphatic carbocycles. The van der Waals surface area contributed by atoms with E-state index in [2.05, 4.69) is 13.8 Å². The van der Waals surface area contributed by atoms with Crippen molar-refractivity contribution >= 4 is 5.97 Å². The van der Waals surface area contributed by atoms with Gasteiger partial charge in [0, 0.05) is 0 Å². The van der Waals surface area contributed by atoms with Gasteiger partial charge in [0.2, 0.25) is 0 Å². The molecule has 1 unspecified atom stereocenters. The zero-order valence-corrected chi connectivity index (χ0v) is 11.5. The predicted octanol–water partition coefficient (Wildman–Crippen LogP) is 4.45. The normalized spacial score (nSPS) is 12.1. The molecular weight excluding hydrogens is 224 g/mol. The quantitative estimate of drug-likeness (QED) is 0.502. The molecule has 0 fully saturated rings. The van der Waals surface area contributed by atoms with Gasteiger partial charge in [0.15, 0.2) is 0 Å². The number of carbonyl (C=O) groups is 1. The number of esters is 1. The lowest BCUT2D eigenvalue weighted by molar-refractivity contribution is 0.0428. The molecule has 0 saturated carbocycles. The Morgan fingerprint density at radius 3 is 2.50 bits per heavy atom. The number of carbonyl (C=O) groups excluding carboxylic acids is 1. The maximum atomic E-state index is 11.8. The first-order valence-corrected chi connectivity index (χ1v) is 7.00. The largest absolute Gasteiger partial charge is 0.462 e. The molecule has 2 nitrogen and oxygen atoms in total. The van der Waals surface area contributed by atoms with Gasteiger partial charge in [0.05, 0.1) is 12.2 Å². The van der Waals surface area contributed by atoms with Crippen LogP contribution in [0.25, 0.3) is 0 Å². The van der Waals surface area contributed by atoms with Crippen LogP contribution in [0.3, 0.4) is 0 Å². The smallest absolute Gasteiger partial charge is 0.338 e. The molecule has 1 atom stereocenters. The third kappa shape index (κ3) is 5.35. The van der Waals surface area contributed by atoms with Crippen molar-refractivity contribution in [3.05, 3.63) is 35.9 Å². The summed E-state index contributed by atoms with van der Waals surface area (Å²) in [5, 5.41) is 0. The van der Waals surface area contributed by atoms with Gasteiger partial charge in [-0.2, -0.15) is 0 Å². The zero-order chi connectivity index (χ0) is 13.2. The summed E-state index contributed by atoms with van der Waals surface area (Å²) in [5.74, 6) is 0.300. The number of unbranched alkanes of at least 4 members (excludes halogenated alkanes) is 2. The maximum absolute atomic E-state index is 11.8. The first-order valence-electron chi connectivity index (χ1n) is 7.00. The van der Waals surface area contributed by atoms with E-state index in [9.17, 15) is 4.79 Å². The third-order valence-corrected chi connectivity index (χ3v) is 3.25. The summed E-state index contributed by atoms with van der Waals surface area (Å²) in [4.78, 5) is 11.8. The second kappa shape index (κ2) is 8.73. The summed E-state index contributed by atoms with van der Waals surface area (Å²) in [7, 11) is 0. The highest BCUT2D eigenvalue weighted by molar-refractivity contribution is 5.89. The summed E-state index contributed by atoms with van der Waals surface area (Å²) >= 11 is 0. The van der Waals surface area contributed by atoms with Gasteiger partial charge in [0.1, 0.15) is 0 Å². The van der Waals surface area contributed by atoms with Crippen molar-refractivity contribution in [2.45, 2.75) is 46.0 Å². The fourth-order valence-corrected chi connectivity index (χ4v) is 1.94. The van der Waals surface area contributed by atoms with Gasteiger partial charge >= 0.3 is 5.97 Å². The van der Waals surface area contributed by atoms with E-state index < -0.39 is 0 Å². The van der Waals surface area contributed by atoms with E-state index >= 15 is 0 Å². The first kappa shape index (κ1) is 14.7. The number of ether oxygens (including phenoxy) is 1. The molecule has 18 heavy (non-hydrogen) atoms. The molecule has 0 saturated heterocycles. The molecule has 0 bridgehead atoms. The van der Waals surface area contributed by atoms with Gasteiger partial charge in [-0.05, 0) is 24.5 Å². The van der Waals surface area contributed by atoms with Crippen LogP contribution in [0.1, 0.15) is 56.3 Å². The van der Waals surface area contributed by atoms with Crippen molar-refractivity contribution in [2.24, 2.45) is 5.92 Å². The van der Waals surface area contributed by atoms with Gasteiger partial charge in [-0.15, -0.1) is 0 Å². The molecule has 1 rings (SSSR count). The molecule has 0 amide bonds. The Hall–Kier alpha value is -1.31. The topological polar surface area (TPSA) is 26.3 Å². The van der Waals surface area contributed by atoms with Crippen LogP contribution in [-0.4, -0.2) is 12.6 Å². The summed E-state index contributed by atoms with van der Waals surface area (Å²) in [5.41, 5.74) is 0.640. The Morgan fingerprint density at radius 1 is 1.17 bits per heavy atom. The average Bonchev–Trinajstić information content (AvgIpc) is 2.43. The van der Waals surface area contributed by atoms with Gasteiger partial charge < -0.3 is 4.74 Å². The van der Waals surface area contributed by atoms with Crippen LogP contribution in [0.15, 0.2) is 30.3 Å². The first-order chi connectivity index (χ1) is 8.77. The van der Waals surface area contributed by atoms with Gasteiger partial charge in [0.25, 0.3) is 0 Å². The van der Waals surface area contributed by atoms with Crippen LogP contribution in [0, 0.1) is 5.92 Å². The highest BCUT2D eigenvalue weighted by Crippen LogP contribution is 2.14. The Kier molecular flexibility index (Phi) is 7.16. The van der Waals surface area contributed by atoms with Crippen molar-refractivity contribution in [1.29, 1.82) is 0 Å². The average molecular weight is 248 g/mol. The predicted molar refractivity (Wildman–Crippen MR) is 74.6 cm³/mol. The van der Waals surface area contributed by atoms with Crippen LogP contribution in [0.4, 0.5) is 0 Å². The number of hydrogen-bond acceptors (Lipinski definition) is 2. The van der Waals surface area contributed by atoms with E-state index in [1.54, 1.807) is 12.1 Å². The highest BCUT2D eigenvalue weighted by atomic mass is 16.5. The Labute approximate surface area is 110 Å². The second-order valence-corrected chi connectivity index (χ2v) is 4.73. The SMILES string of the molecule is CCCCCC(CC)COC(=O)c1ccccc1. The second-order valence-electron chi connectivity index (χ2n) is 4.73. The van der Waals surface area contributed by atoms with Crippen LogP contribution in [0.2, 0.25) is 0 Å². The van der Waals surface area contributed by atoms with Crippen LogP contribution in [0.5, 0.6) is 0 Å². The number of benzene rings is 1. The molecule has 1 aromatic carbocycles. The molecule has 0 spiro atoms. The fraction of sp³-hybridized carbons (Fsp3) is 0.562. The van der Waals surface area contributed by atoms with Gasteiger partial charge in [-0.25, -0.2) is 4.79 Å². The lowest BCUT2D eigenvalue weighted by atomic mass is 10.00. The summed E-state index contributed by atoms with van der Waals surface area (Å²) in [6.45, 7) is 4.91. The number of hydrogen-bond donors (Lipinski definition) is 0. The van der Waals surface area contributed by atoms with Crippen LogP contribution in [-0.2, 0) is 4.74 Å². The monoisotopic (exact) mass is 248 g/mol. The molecule has 0 radical (unpaired) electrons. The van der Waals surface area contributed by atoms with Crippen LogP contribution >= 0.6 is 0 Å². The Balaban J connectivity index is 2.32. The molecule has 0 N–H and O–H groups in total. The van der Waals surface area contributed by atoms with Crippen molar-refractivity contribution in [2.75, 3.05) is 6.61 Å². The van der Waals surface area contributed by atoms with Gasteiger partial charge in [-0.3, -0.25) is 0 Å². The van der Waals surface area contributed by atoms with E-state index in [4.69, 9.17) is 4.74 Å². The minimum atomic E-state index is -0.204. The standard InChI is InChI=1S/C16H24O2/c1-3-5-7-10-14(4-2)13-18-16(17)15-11-8-6-9-12-15/h6,8-9,11-12,14H,3-5,7,10,13H2,1-2H3. The molecule has 0 aromatic heterocycles. The molecule has 0 aliphatic rings. The molecule has 0 aliphatic heterocycles.